The summed E-state index contributed by atoms with van der Waals surface area (Å²) in [6.07, 6.45) is 2.11. The van der Waals surface area contributed by atoms with Gasteiger partial charge < -0.3 is 5.11 Å². The molecule has 3 heteroatoms. The van der Waals surface area contributed by atoms with E-state index in [4.69, 9.17) is 0 Å². The maximum absolute atomic E-state index is 12.9. The number of pyridine rings is 1. The quantitative estimate of drug-likeness (QED) is 0.791. The Bertz CT molecular complexity index is 766. The molecule has 1 atom stereocenters. The lowest BCUT2D eigenvalue weighted by Gasteiger charge is -2.24. The predicted octanol–water partition coefficient (Wildman–Crippen LogP) is 3.82. The predicted molar refractivity (Wildman–Crippen MR) is 81.4 cm³/mol. The number of hydrogen-bond donors (Lipinski definition) is 1. The van der Waals surface area contributed by atoms with Crippen LogP contribution in [0.4, 0.5) is 4.39 Å². The van der Waals surface area contributed by atoms with E-state index in [0.717, 1.165) is 22.0 Å². The van der Waals surface area contributed by atoms with Crippen molar-refractivity contribution in [2.24, 2.45) is 0 Å². The Morgan fingerprint density at radius 2 is 1.81 bits per heavy atom. The van der Waals surface area contributed by atoms with Gasteiger partial charge >= 0.3 is 0 Å². The Morgan fingerprint density at radius 3 is 2.57 bits per heavy atom. The lowest BCUT2D eigenvalue weighted by atomic mass is 9.89. The van der Waals surface area contributed by atoms with E-state index in [1.54, 1.807) is 25.3 Å². The number of rotatable bonds is 3. The van der Waals surface area contributed by atoms with Gasteiger partial charge in [0.25, 0.3) is 0 Å². The Balaban J connectivity index is 1.93. The highest BCUT2D eigenvalue weighted by atomic mass is 19.1. The SMILES string of the molecule is CC(O)(Cc1ccc(F)cc1)c1cnc2ccccc2c1. The van der Waals surface area contributed by atoms with Crippen LogP contribution in [0, 0.1) is 5.82 Å². The molecular weight excluding hydrogens is 265 g/mol. The summed E-state index contributed by atoms with van der Waals surface area (Å²) in [6.45, 7) is 1.75. The molecule has 3 rings (SSSR count). The van der Waals surface area contributed by atoms with Crippen molar-refractivity contribution in [3.05, 3.63) is 77.7 Å². The zero-order chi connectivity index (χ0) is 14.9. The van der Waals surface area contributed by atoms with E-state index in [1.807, 2.05) is 30.3 Å². The summed E-state index contributed by atoms with van der Waals surface area (Å²) in [5.74, 6) is -0.272. The molecule has 2 nitrogen and oxygen atoms in total. The van der Waals surface area contributed by atoms with E-state index in [0.29, 0.717) is 6.42 Å². The second-order valence-corrected chi connectivity index (χ2v) is 5.49. The molecule has 0 aliphatic carbocycles. The van der Waals surface area contributed by atoms with Crippen LogP contribution in [0.2, 0.25) is 0 Å². The van der Waals surface area contributed by atoms with Crippen LogP contribution in [0.3, 0.4) is 0 Å². The first kappa shape index (κ1) is 13.7. The minimum Gasteiger partial charge on any atom is -0.385 e. The maximum Gasteiger partial charge on any atom is 0.123 e. The fraction of sp³-hybridized carbons (Fsp3) is 0.167. The summed E-state index contributed by atoms with van der Waals surface area (Å²) in [5, 5.41) is 11.7. The summed E-state index contributed by atoms with van der Waals surface area (Å²) in [5.41, 5.74) is 1.49. The molecule has 106 valence electrons. The molecule has 21 heavy (non-hydrogen) atoms. The standard InChI is InChI=1S/C18H16FNO/c1-18(21,11-13-6-8-16(19)9-7-13)15-10-14-4-2-3-5-17(14)20-12-15/h2-10,12,21H,11H2,1H3. The normalized spacial score (nSPS) is 14.0. The van der Waals surface area contributed by atoms with Gasteiger partial charge in [0.05, 0.1) is 11.1 Å². The van der Waals surface area contributed by atoms with Crippen molar-refractivity contribution >= 4 is 10.9 Å². The second-order valence-electron chi connectivity index (χ2n) is 5.49. The highest BCUT2D eigenvalue weighted by Gasteiger charge is 2.24. The fourth-order valence-electron chi connectivity index (χ4n) is 2.47. The van der Waals surface area contributed by atoms with Crippen LogP contribution in [0.1, 0.15) is 18.1 Å². The van der Waals surface area contributed by atoms with Crippen molar-refractivity contribution in [1.82, 2.24) is 4.98 Å². The molecule has 0 fully saturated rings. The summed E-state index contributed by atoms with van der Waals surface area (Å²) < 4.78 is 12.9. The number of hydrogen-bond acceptors (Lipinski definition) is 2. The molecule has 1 heterocycles. The Kier molecular flexibility index (Phi) is 3.43. The van der Waals surface area contributed by atoms with E-state index < -0.39 is 5.60 Å². The molecule has 0 aliphatic heterocycles. The molecule has 0 amide bonds. The number of para-hydroxylation sites is 1. The van der Waals surface area contributed by atoms with Crippen molar-refractivity contribution in [3.8, 4) is 0 Å². The van der Waals surface area contributed by atoms with Gasteiger partial charge in [-0.15, -0.1) is 0 Å². The van der Waals surface area contributed by atoms with E-state index >= 15 is 0 Å². The smallest absolute Gasteiger partial charge is 0.123 e. The molecule has 1 unspecified atom stereocenters. The van der Waals surface area contributed by atoms with Gasteiger partial charge in [-0.2, -0.15) is 0 Å². The van der Waals surface area contributed by atoms with Crippen molar-refractivity contribution in [1.29, 1.82) is 0 Å². The molecule has 0 radical (unpaired) electrons. The van der Waals surface area contributed by atoms with Crippen molar-refractivity contribution in [2.75, 3.05) is 0 Å². The van der Waals surface area contributed by atoms with Gasteiger partial charge in [-0.1, -0.05) is 30.3 Å². The van der Waals surface area contributed by atoms with Crippen molar-refractivity contribution < 1.29 is 9.50 Å². The molecule has 0 aliphatic rings. The topological polar surface area (TPSA) is 33.1 Å². The van der Waals surface area contributed by atoms with Crippen LogP contribution in [-0.2, 0) is 12.0 Å². The van der Waals surface area contributed by atoms with E-state index in [9.17, 15) is 9.50 Å². The summed E-state index contributed by atoms with van der Waals surface area (Å²) >= 11 is 0. The maximum atomic E-state index is 12.9. The Labute approximate surface area is 122 Å². The molecule has 0 spiro atoms. The number of aromatic nitrogens is 1. The molecule has 1 N–H and O–H groups in total. The highest BCUT2D eigenvalue weighted by molar-refractivity contribution is 5.78. The summed E-state index contributed by atoms with van der Waals surface area (Å²) in [7, 11) is 0. The van der Waals surface area contributed by atoms with Gasteiger partial charge in [0, 0.05) is 23.6 Å². The number of halogens is 1. The first-order chi connectivity index (χ1) is 10.0. The minimum atomic E-state index is -1.05. The van der Waals surface area contributed by atoms with Gasteiger partial charge in [0.1, 0.15) is 5.82 Å². The average molecular weight is 281 g/mol. The molecule has 0 bridgehead atoms. The van der Waals surface area contributed by atoms with E-state index in [-0.39, 0.29) is 5.82 Å². The first-order valence-electron chi connectivity index (χ1n) is 6.87. The molecular formula is C18H16FNO. The van der Waals surface area contributed by atoms with Crippen LogP contribution in [0.25, 0.3) is 10.9 Å². The van der Waals surface area contributed by atoms with Gasteiger partial charge in [0.2, 0.25) is 0 Å². The second kappa shape index (κ2) is 5.26. The largest absolute Gasteiger partial charge is 0.385 e. The zero-order valence-electron chi connectivity index (χ0n) is 11.8. The highest BCUT2D eigenvalue weighted by Crippen LogP contribution is 2.27. The molecule has 0 saturated carbocycles. The number of benzene rings is 2. The lowest BCUT2D eigenvalue weighted by Crippen LogP contribution is -2.24. The fourth-order valence-corrected chi connectivity index (χ4v) is 2.47. The van der Waals surface area contributed by atoms with E-state index in [2.05, 4.69) is 4.98 Å². The molecule has 3 aromatic rings. The Hall–Kier alpha value is -2.26. The molecule has 0 saturated heterocycles. The van der Waals surface area contributed by atoms with Gasteiger partial charge in [-0.05, 0) is 36.8 Å². The third-order valence-corrected chi connectivity index (χ3v) is 3.67. The van der Waals surface area contributed by atoms with Crippen LogP contribution in [0.15, 0.2) is 60.8 Å². The Morgan fingerprint density at radius 1 is 1.10 bits per heavy atom. The number of nitrogens with zero attached hydrogens (tertiary/aromatic N) is 1. The van der Waals surface area contributed by atoms with Crippen molar-refractivity contribution in [3.63, 3.8) is 0 Å². The lowest BCUT2D eigenvalue weighted by molar-refractivity contribution is 0.0574. The van der Waals surface area contributed by atoms with Gasteiger partial charge in [-0.25, -0.2) is 4.39 Å². The summed E-state index contributed by atoms with van der Waals surface area (Å²) in [6, 6.07) is 15.9. The van der Waals surface area contributed by atoms with Crippen LogP contribution < -0.4 is 0 Å². The summed E-state index contributed by atoms with van der Waals surface area (Å²) in [4.78, 5) is 4.38. The molecule has 2 aromatic carbocycles. The van der Waals surface area contributed by atoms with Crippen LogP contribution in [-0.4, -0.2) is 10.1 Å². The average Bonchev–Trinajstić information content (AvgIpc) is 2.49. The number of aliphatic hydroxyl groups is 1. The monoisotopic (exact) mass is 281 g/mol. The first-order valence-corrected chi connectivity index (χ1v) is 6.87. The van der Waals surface area contributed by atoms with Gasteiger partial charge in [-0.3, -0.25) is 4.98 Å². The number of fused-ring (bicyclic) bond motifs is 1. The van der Waals surface area contributed by atoms with Crippen LogP contribution >= 0.6 is 0 Å². The zero-order valence-corrected chi connectivity index (χ0v) is 11.8. The van der Waals surface area contributed by atoms with Crippen LogP contribution in [0.5, 0.6) is 0 Å². The van der Waals surface area contributed by atoms with Gasteiger partial charge in [0.15, 0.2) is 0 Å². The third-order valence-electron chi connectivity index (χ3n) is 3.67. The third kappa shape index (κ3) is 2.93. The van der Waals surface area contributed by atoms with E-state index in [1.165, 1.54) is 12.1 Å². The minimum absolute atomic E-state index is 0.272. The molecule has 1 aromatic heterocycles. The van der Waals surface area contributed by atoms with Crippen molar-refractivity contribution in [2.45, 2.75) is 18.9 Å².